The SMILES string of the molecule is CCOc1cc(CN2CCC3(CC2)CN(c2ccc(C(=O)O)c(OC)c2)C(=O)N3)c(C2CC2)cc1C.Cc1ccc(S(=O)(=O)O)cc1. The fourth-order valence-electron chi connectivity index (χ4n) is 6.29. The number of piperidine rings is 1. The van der Waals surface area contributed by atoms with Crippen molar-refractivity contribution in [1.82, 2.24) is 10.2 Å². The Hall–Kier alpha value is -4.13. The van der Waals surface area contributed by atoms with E-state index in [9.17, 15) is 23.1 Å². The number of anilines is 1. The standard InChI is InChI=1S/C28H35N3O5.C7H8O3S/c1-4-36-24-14-20(23(13-18(24)2)19-5-6-19)16-30-11-9-28(10-12-30)17-31(27(34)29-28)21-7-8-22(26(32)33)25(15-21)35-3;1-6-2-4-7(5-3-6)11(8,9)10/h7-8,13-15,19H,4-6,9-12,16-17H2,1-3H3,(H,29,34)(H,32,33);2-5H,1H3,(H,8,9,10). The van der Waals surface area contributed by atoms with Gasteiger partial charge in [0, 0.05) is 31.4 Å². The second kappa shape index (κ2) is 13.9. The van der Waals surface area contributed by atoms with Crippen LogP contribution in [0.4, 0.5) is 10.5 Å². The van der Waals surface area contributed by atoms with Gasteiger partial charge in [0.05, 0.1) is 30.7 Å². The number of hydrogen-bond acceptors (Lipinski definition) is 7. The van der Waals surface area contributed by atoms with Crippen molar-refractivity contribution >= 4 is 27.8 Å². The van der Waals surface area contributed by atoms with Crippen molar-refractivity contribution in [2.24, 2.45) is 0 Å². The molecule has 0 bridgehead atoms. The van der Waals surface area contributed by atoms with E-state index in [1.54, 1.807) is 29.2 Å². The summed E-state index contributed by atoms with van der Waals surface area (Å²) in [6.07, 6.45) is 4.26. The van der Waals surface area contributed by atoms with Crippen LogP contribution in [0, 0.1) is 13.8 Å². The number of carboxylic acid groups (broad SMARTS) is 1. The van der Waals surface area contributed by atoms with Gasteiger partial charge < -0.3 is 19.9 Å². The predicted molar refractivity (Wildman–Crippen MR) is 178 cm³/mol. The van der Waals surface area contributed by atoms with Crippen LogP contribution < -0.4 is 19.7 Å². The summed E-state index contributed by atoms with van der Waals surface area (Å²) in [6.45, 7) is 9.91. The van der Waals surface area contributed by atoms with Crippen molar-refractivity contribution in [2.75, 3.05) is 38.3 Å². The minimum atomic E-state index is -4.02. The van der Waals surface area contributed by atoms with Gasteiger partial charge in [0.2, 0.25) is 0 Å². The number of aryl methyl sites for hydroxylation is 2. The Bertz CT molecular complexity index is 1730. The van der Waals surface area contributed by atoms with Crippen LogP contribution in [0.1, 0.15) is 71.1 Å². The molecule has 1 spiro atoms. The first-order chi connectivity index (χ1) is 22.3. The van der Waals surface area contributed by atoms with E-state index in [1.807, 2.05) is 13.8 Å². The molecule has 6 rings (SSSR count). The molecule has 2 saturated heterocycles. The number of nitrogens with zero attached hydrogens (tertiary/aromatic N) is 2. The first-order valence-corrected chi connectivity index (χ1v) is 17.3. The number of likely N-dealkylation sites (tertiary alicyclic amines) is 1. The Morgan fingerprint density at radius 3 is 2.28 bits per heavy atom. The fourth-order valence-corrected chi connectivity index (χ4v) is 6.77. The highest BCUT2D eigenvalue weighted by atomic mass is 32.2. The van der Waals surface area contributed by atoms with Crippen LogP contribution >= 0.6 is 0 Å². The van der Waals surface area contributed by atoms with Crippen LogP contribution in [0.2, 0.25) is 0 Å². The number of hydrogen-bond donors (Lipinski definition) is 3. The number of ether oxygens (including phenoxy) is 2. The molecule has 2 amide bonds. The molecule has 0 aromatic heterocycles. The van der Waals surface area contributed by atoms with E-state index < -0.39 is 16.1 Å². The lowest BCUT2D eigenvalue weighted by molar-refractivity contribution is 0.0693. The summed E-state index contributed by atoms with van der Waals surface area (Å²) < 4.78 is 40.7. The van der Waals surface area contributed by atoms with Gasteiger partial charge >= 0.3 is 12.0 Å². The number of carbonyl (C=O) groups excluding carboxylic acids is 1. The molecule has 2 aliphatic heterocycles. The maximum Gasteiger partial charge on any atom is 0.339 e. The van der Waals surface area contributed by atoms with E-state index in [1.165, 1.54) is 54.8 Å². The predicted octanol–water partition coefficient (Wildman–Crippen LogP) is 5.78. The molecule has 2 heterocycles. The third-order valence-electron chi connectivity index (χ3n) is 9.08. The van der Waals surface area contributed by atoms with Crippen LogP contribution in [0.3, 0.4) is 0 Å². The molecule has 1 aliphatic carbocycles. The summed E-state index contributed by atoms with van der Waals surface area (Å²) in [7, 11) is -2.58. The molecule has 3 aromatic carbocycles. The molecule has 252 valence electrons. The lowest BCUT2D eigenvalue weighted by atomic mass is 9.87. The van der Waals surface area contributed by atoms with Gasteiger partial charge in [-0.15, -0.1) is 0 Å². The van der Waals surface area contributed by atoms with E-state index in [4.69, 9.17) is 14.0 Å². The molecule has 0 atom stereocenters. The first kappa shape index (κ1) is 34.2. The van der Waals surface area contributed by atoms with Gasteiger partial charge in [-0.2, -0.15) is 8.42 Å². The van der Waals surface area contributed by atoms with E-state index in [2.05, 4.69) is 29.3 Å². The zero-order valence-electron chi connectivity index (χ0n) is 27.3. The van der Waals surface area contributed by atoms with Gasteiger partial charge in [-0.1, -0.05) is 23.8 Å². The van der Waals surface area contributed by atoms with E-state index in [-0.39, 0.29) is 27.8 Å². The molecule has 47 heavy (non-hydrogen) atoms. The van der Waals surface area contributed by atoms with Crippen molar-refractivity contribution in [3.05, 3.63) is 82.4 Å². The number of amides is 2. The fraction of sp³-hybridized carbons (Fsp3) is 0.429. The Labute approximate surface area is 276 Å². The van der Waals surface area contributed by atoms with Gasteiger partial charge in [-0.25, -0.2) is 9.59 Å². The third-order valence-corrected chi connectivity index (χ3v) is 9.95. The van der Waals surface area contributed by atoms with Crippen LogP contribution in [0.5, 0.6) is 11.5 Å². The Balaban J connectivity index is 0.000000335. The lowest BCUT2D eigenvalue weighted by Crippen LogP contribution is -2.52. The number of carbonyl (C=O) groups is 2. The molecule has 3 aromatic rings. The average Bonchev–Trinajstić information content (AvgIpc) is 3.83. The maximum absolute atomic E-state index is 12.9. The minimum Gasteiger partial charge on any atom is -0.496 e. The number of nitrogens with one attached hydrogen (secondary N) is 1. The van der Waals surface area contributed by atoms with Crippen molar-refractivity contribution in [1.29, 1.82) is 0 Å². The van der Waals surface area contributed by atoms with Crippen LogP contribution in [-0.2, 0) is 16.7 Å². The summed E-state index contributed by atoms with van der Waals surface area (Å²) in [5.74, 6) is 0.852. The summed E-state index contributed by atoms with van der Waals surface area (Å²) in [5.41, 5.74) is 5.44. The largest absolute Gasteiger partial charge is 0.496 e. The molecule has 3 N–H and O–H groups in total. The van der Waals surface area contributed by atoms with Crippen LogP contribution in [-0.4, -0.2) is 73.9 Å². The van der Waals surface area contributed by atoms with Gasteiger partial charge in [0.1, 0.15) is 17.1 Å². The van der Waals surface area contributed by atoms with Crippen LogP contribution in [0.15, 0.2) is 59.5 Å². The zero-order valence-corrected chi connectivity index (χ0v) is 28.1. The molecular weight excluding hydrogens is 622 g/mol. The topological polar surface area (TPSA) is 146 Å². The summed E-state index contributed by atoms with van der Waals surface area (Å²) in [6, 6.07) is 15.2. The Morgan fingerprint density at radius 1 is 1.02 bits per heavy atom. The number of carboxylic acids is 1. The van der Waals surface area contributed by atoms with Crippen molar-refractivity contribution < 1.29 is 37.1 Å². The molecule has 12 heteroatoms. The molecule has 0 radical (unpaired) electrons. The van der Waals surface area contributed by atoms with Crippen molar-refractivity contribution in [3.63, 3.8) is 0 Å². The second-order valence-electron chi connectivity index (χ2n) is 12.6. The number of urea groups is 1. The third kappa shape index (κ3) is 8.06. The summed E-state index contributed by atoms with van der Waals surface area (Å²) in [4.78, 5) is 28.5. The van der Waals surface area contributed by atoms with Gasteiger partial charge in [0.15, 0.2) is 0 Å². The monoisotopic (exact) mass is 665 g/mol. The van der Waals surface area contributed by atoms with Gasteiger partial charge in [0.25, 0.3) is 10.1 Å². The lowest BCUT2D eigenvalue weighted by Gasteiger charge is -2.39. The number of benzene rings is 3. The van der Waals surface area contributed by atoms with Crippen molar-refractivity contribution in [2.45, 2.75) is 69.4 Å². The highest BCUT2D eigenvalue weighted by molar-refractivity contribution is 7.85. The smallest absolute Gasteiger partial charge is 0.339 e. The first-order valence-electron chi connectivity index (χ1n) is 15.9. The quantitative estimate of drug-likeness (QED) is 0.242. The van der Waals surface area contributed by atoms with E-state index in [0.717, 1.165) is 43.8 Å². The molecule has 0 unspecified atom stereocenters. The number of aromatic carboxylic acids is 1. The molecule has 11 nitrogen and oxygen atoms in total. The molecule has 1 saturated carbocycles. The summed E-state index contributed by atoms with van der Waals surface area (Å²) in [5, 5.41) is 12.6. The van der Waals surface area contributed by atoms with Crippen molar-refractivity contribution in [3.8, 4) is 11.5 Å². The molecular formula is C35H43N3O8S. The second-order valence-corrected chi connectivity index (χ2v) is 14.0. The maximum atomic E-state index is 12.9. The minimum absolute atomic E-state index is 0.0666. The van der Waals surface area contributed by atoms with E-state index >= 15 is 0 Å². The Kier molecular flexibility index (Phi) is 10.1. The Morgan fingerprint density at radius 2 is 1.70 bits per heavy atom. The highest BCUT2D eigenvalue weighted by Gasteiger charge is 2.45. The van der Waals surface area contributed by atoms with Crippen LogP contribution in [0.25, 0.3) is 0 Å². The summed E-state index contributed by atoms with van der Waals surface area (Å²) >= 11 is 0. The highest BCUT2D eigenvalue weighted by Crippen LogP contribution is 2.44. The molecule has 3 fully saturated rings. The van der Waals surface area contributed by atoms with Gasteiger partial charge in [-0.05, 0) is 99.4 Å². The van der Waals surface area contributed by atoms with Gasteiger partial charge in [-0.3, -0.25) is 14.4 Å². The number of methoxy groups -OCH3 is 1. The molecule has 3 aliphatic rings. The average molecular weight is 666 g/mol. The zero-order chi connectivity index (χ0) is 33.9. The normalized spacial score (nSPS) is 17.6. The number of rotatable bonds is 9. The van der Waals surface area contributed by atoms with E-state index in [0.29, 0.717) is 24.8 Å².